The third-order valence-corrected chi connectivity index (χ3v) is 7.15. The van der Waals surface area contributed by atoms with Gasteiger partial charge in [-0.2, -0.15) is 0 Å². The number of furan rings is 1. The molecule has 0 unspecified atom stereocenters. The average Bonchev–Trinajstić information content (AvgIpc) is 3.48. The van der Waals surface area contributed by atoms with Gasteiger partial charge in [-0.1, -0.05) is 42.1 Å². The fourth-order valence-electron chi connectivity index (χ4n) is 3.39. The molecule has 5 aromatic rings. The van der Waals surface area contributed by atoms with Crippen LogP contribution in [0, 0.1) is 13.8 Å². The fraction of sp³-hybridized carbons (Fsp3) is 0.182. The summed E-state index contributed by atoms with van der Waals surface area (Å²) >= 11 is 3.04. The molecule has 5 rings (SSSR count). The second-order valence-corrected chi connectivity index (χ2v) is 9.27. The molecule has 0 radical (unpaired) electrons. The number of nitrogens with one attached hydrogen (secondary N) is 1. The van der Waals surface area contributed by atoms with Gasteiger partial charge in [0.1, 0.15) is 10.7 Å². The predicted octanol–water partition coefficient (Wildman–Crippen LogP) is 4.79. The highest BCUT2D eigenvalue weighted by molar-refractivity contribution is 7.98. The predicted molar refractivity (Wildman–Crippen MR) is 123 cm³/mol. The zero-order valence-corrected chi connectivity index (χ0v) is 18.6. The summed E-state index contributed by atoms with van der Waals surface area (Å²) in [6, 6.07) is 13.8. The standard InChI is InChI=1S/C22H19N5O2S2/c1-13-14(2)31-21-18(13)20(28)23-17(24-21)12-30-22-26-25-19(16-9-6-10-29-16)27(22)11-15-7-4-3-5-8-15/h3-10H,11-12H2,1-2H3,(H,23,24,28). The van der Waals surface area contributed by atoms with Crippen molar-refractivity contribution in [3.05, 3.63) is 80.9 Å². The van der Waals surface area contributed by atoms with Crippen LogP contribution in [0.1, 0.15) is 21.8 Å². The quantitative estimate of drug-likeness (QED) is 0.375. The maximum atomic E-state index is 12.6. The Hall–Kier alpha value is -3.17. The van der Waals surface area contributed by atoms with Gasteiger partial charge in [-0.3, -0.25) is 9.36 Å². The van der Waals surface area contributed by atoms with Crippen LogP contribution < -0.4 is 5.56 Å². The maximum absolute atomic E-state index is 12.6. The zero-order valence-electron chi connectivity index (χ0n) is 17.0. The Morgan fingerprint density at radius 2 is 1.97 bits per heavy atom. The van der Waals surface area contributed by atoms with Gasteiger partial charge in [0.2, 0.25) is 5.82 Å². The van der Waals surface area contributed by atoms with E-state index in [1.807, 2.05) is 48.7 Å². The molecule has 0 spiro atoms. The van der Waals surface area contributed by atoms with Crippen LogP contribution in [0.4, 0.5) is 0 Å². The SMILES string of the molecule is Cc1sc2nc(CSc3nnc(-c4ccco4)n3Cc3ccccc3)[nH]c(=O)c2c1C. The summed E-state index contributed by atoms with van der Waals surface area (Å²) in [6.07, 6.45) is 1.62. The van der Waals surface area contributed by atoms with E-state index in [1.165, 1.54) is 11.8 Å². The van der Waals surface area contributed by atoms with Gasteiger partial charge in [0, 0.05) is 4.88 Å². The molecular formula is C22H19N5O2S2. The summed E-state index contributed by atoms with van der Waals surface area (Å²) in [6.45, 7) is 4.58. The lowest BCUT2D eigenvalue weighted by atomic mass is 10.2. The van der Waals surface area contributed by atoms with Gasteiger partial charge in [0.05, 0.1) is 23.9 Å². The Morgan fingerprint density at radius 1 is 1.13 bits per heavy atom. The number of hydrogen-bond donors (Lipinski definition) is 1. The van der Waals surface area contributed by atoms with Crippen molar-refractivity contribution in [1.82, 2.24) is 24.7 Å². The van der Waals surface area contributed by atoms with Gasteiger partial charge >= 0.3 is 0 Å². The summed E-state index contributed by atoms with van der Waals surface area (Å²) in [7, 11) is 0. The lowest BCUT2D eigenvalue weighted by molar-refractivity contribution is 0.569. The van der Waals surface area contributed by atoms with Crippen molar-refractivity contribution < 1.29 is 4.42 Å². The third-order valence-electron chi connectivity index (χ3n) is 5.07. The highest BCUT2D eigenvalue weighted by atomic mass is 32.2. The molecule has 0 aliphatic rings. The molecule has 0 atom stereocenters. The first kappa shape index (κ1) is 19.8. The van der Waals surface area contributed by atoms with Crippen molar-refractivity contribution in [2.24, 2.45) is 0 Å². The van der Waals surface area contributed by atoms with Crippen molar-refractivity contribution in [3.8, 4) is 11.6 Å². The van der Waals surface area contributed by atoms with Crippen LogP contribution in [-0.2, 0) is 12.3 Å². The number of H-pyrrole nitrogens is 1. The van der Waals surface area contributed by atoms with Gasteiger partial charge < -0.3 is 9.40 Å². The number of aryl methyl sites for hydroxylation is 2. The Bertz CT molecular complexity index is 1400. The number of rotatable bonds is 6. The molecule has 0 saturated heterocycles. The third kappa shape index (κ3) is 3.82. The molecule has 0 bridgehead atoms. The number of nitrogens with zero attached hydrogens (tertiary/aromatic N) is 4. The Labute approximate surface area is 186 Å². The number of aromatic nitrogens is 5. The van der Waals surface area contributed by atoms with Crippen LogP contribution in [-0.4, -0.2) is 24.7 Å². The zero-order chi connectivity index (χ0) is 21.4. The van der Waals surface area contributed by atoms with E-state index in [0.717, 1.165) is 26.0 Å². The van der Waals surface area contributed by atoms with Crippen molar-refractivity contribution in [1.29, 1.82) is 0 Å². The molecular weight excluding hydrogens is 430 g/mol. The molecule has 1 N–H and O–H groups in total. The lowest BCUT2D eigenvalue weighted by Crippen LogP contribution is -2.11. The van der Waals surface area contributed by atoms with Crippen molar-refractivity contribution in [3.63, 3.8) is 0 Å². The summed E-state index contributed by atoms with van der Waals surface area (Å²) in [5.74, 6) is 2.43. The van der Waals surface area contributed by atoms with E-state index in [1.54, 1.807) is 17.6 Å². The largest absolute Gasteiger partial charge is 0.461 e. The van der Waals surface area contributed by atoms with E-state index < -0.39 is 0 Å². The molecule has 156 valence electrons. The van der Waals surface area contributed by atoms with Crippen LogP contribution in [0.25, 0.3) is 21.8 Å². The van der Waals surface area contributed by atoms with E-state index >= 15 is 0 Å². The Balaban J connectivity index is 1.47. The van der Waals surface area contributed by atoms with Gasteiger partial charge in [-0.25, -0.2) is 4.98 Å². The highest BCUT2D eigenvalue weighted by Crippen LogP contribution is 2.29. The number of hydrogen-bond acceptors (Lipinski definition) is 7. The summed E-state index contributed by atoms with van der Waals surface area (Å²) in [4.78, 5) is 22.0. The summed E-state index contributed by atoms with van der Waals surface area (Å²) in [5.41, 5.74) is 2.04. The first-order valence-electron chi connectivity index (χ1n) is 9.73. The molecule has 0 aliphatic carbocycles. The summed E-state index contributed by atoms with van der Waals surface area (Å²) < 4.78 is 7.58. The average molecular weight is 450 g/mol. The van der Waals surface area contributed by atoms with Gasteiger partial charge in [-0.15, -0.1) is 21.5 Å². The molecule has 1 aromatic carbocycles. The second-order valence-electron chi connectivity index (χ2n) is 7.12. The normalized spacial score (nSPS) is 11.4. The summed E-state index contributed by atoms with van der Waals surface area (Å²) in [5, 5.41) is 10.2. The van der Waals surface area contributed by atoms with Gasteiger partial charge in [0.15, 0.2) is 10.9 Å². The molecule has 0 aliphatic heterocycles. The number of thiophene rings is 1. The minimum absolute atomic E-state index is 0.0931. The maximum Gasteiger partial charge on any atom is 0.259 e. The van der Waals surface area contributed by atoms with Crippen LogP contribution in [0.3, 0.4) is 0 Å². The number of benzene rings is 1. The fourth-order valence-corrected chi connectivity index (χ4v) is 5.25. The molecule has 31 heavy (non-hydrogen) atoms. The minimum Gasteiger partial charge on any atom is -0.461 e. The first-order valence-corrected chi connectivity index (χ1v) is 11.5. The van der Waals surface area contributed by atoms with E-state index in [0.29, 0.717) is 35.1 Å². The van der Waals surface area contributed by atoms with Crippen LogP contribution in [0.5, 0.6) is 0 Å². The van der Waals surface area contributed by atoms with E-state index in [4.69, 9.17) is 4.42 Å². The highest BCUT2D eigenvalue weighted by Gasteiger charge is 2.18. The van der Waals surface area contributed by atoms with Crippen molar-refractivity contribution >= 4 is 33.3 Å². The van der Waals surface area contributed by atoms with Crippen LogP contribution in [0.15, 0.2) is 63.1 Å². The van der Waals surface area contributed by atoms with E-state index in [9.17, 15) is 4.79 Å². The molecule has 4 heterocycles. The topological polar surface area (TPSA) is 89.6 Å². The molecule has 0 fully saturated rings. The molecule has 7 nitrogen and oxygen atoms in total. The van der Waals surface area contributed by atoms with Crippen molar-refractivity contribution in [2.45, 2.75) is 31.3 Å². The van der Waals surface area contributed by atoms with Gasteiger partial charge in [-0.05, 0) is 37.1 Å². The van der Waals surface area contributed by atoms with E-state index in [2.05, 4.69) is 32.3 Å². The lowest BCUT2D eigenvalue weighted by Gasteiger charge is -2.09. The smallest absolute Gasteiger partial charge is 0.259 e. The van der Waals surface area contributed by atoms with Crippen LogP contribution in [0.2, 0.25) is 0 Å². The van der Waals surface area contributed by atoms with E-state index in [-0.39, 0.29) is 5.56 Å². The number of thioether (sulfide) groups is 1. The number of aromatic amines is 1. The molecule has 9 heteroatoms. The Kier molecular flexibility index (Phi) is 5.21. The first-order chi connectivity index (χ1) is 15.1. The molecule has 0 saturated carbocycles. The molecule has 0 amide bonds. The van der Waals surface area contributed by atoms with Crippen LogP contribution >= 0.6 is 23.1 Å². The Morgan fingerprint density at radius 3 is 2.74 bits per heavy atom. The second kappa shape index (κ2) is 8.16. The monoisotopic (exact) mass is 449 g/mol. The van der Waals surface area contributed by atoms with Crippen molar-refractivity contribution in [2.75, 3.05) is 0 Å². The minimum atomic E-state index is -0.0931. The number of fused-ring (bicyclic) bond motifs is 1. The molecule has 4 aromatic heterocycles. The van der Waals surface area contributed by atoms with Gasteiger partial charge in [0.25, 0.3) is 5.56 Å².